The smallest absolute Gasteiger partial charge is 0.257 e. The van der Waals surface area contributed by atoms with Crippen LogP contribution < -0.4 is 10.1 Å². The minimum atomic E-state index is -3.17. The number of sulfonamides is 1. The third-order valence-electron chi connectivity index (χ3n) is 3.59. The Kier molecular flexibility index (Phi) is 7.23. The number of carbonyl (C=O) groups excluding carboxylic acids is 1. The number of nitrogens with zero attached hydrogens (tertiary/aromatic N) is 1. The fraction of sp³-hybridized carbons (Fsp3) is 0.588. The van der Waals surface area contributed by atoms with Crippen LogP contribution in [-0.4, -0.2) is 51.6 Å². The quantitative estimate of drug-likeness (QED) is 0.720. The second-order valence-electron chi connectivity index (χ2n) is 6.82. The van der Waals surface area contributed by atoms with E-state index in [-0.39, 0.29) is 17.9 Å². The molecule has 0 aromatic heterocycles. The highest BCUT2D eigenvalue weighted by Gasteiger charge is 2.18. The number of nitrogens with one attached hydrogen (secondary N) is 1. The third-order valence-corrected chi connectivity index (χ3v) is 4.91. The minimum absolute atomic E-state index is 0.0605. The van der Waals surface area contributed by atoms with Gasteiger partial charge in [0.15, 0.2) is 6.61 Å². The molecule has 7 heteroatoms. The van der Waals surface area contributed by atoms with Gasteiger partial charge in [-0.2, -0.15) is 0 Å². The summed E-state index contributed by atoms with van der Waals surface area (Å²) in [4.78, 5) is 11.9. The monoisotopic (exact) mass is 356 g/mol. The van der Waals surface area contributed by atoms with E-state index in [1.54, 1.807) is 0 Å². The van der Waals surface area contributed by atoms with E-state index in [2.05, 4.69) is 26.1 Å². The maximum atomic E-state index is 11.9. The number of amides is 1. The van der Waals surface area contributed by atoms with Crippen molar-refractivity contribution in [3.63, 3.8) is 0 Å². The van der Waals surface area contributed by atoms with E-state index in [0.717, 1.165) is 11.8 Å². The molecule has 0 radical (unpaired) electrons. The molecule has 0 atom stereocenters. The second kappa shape index (κ2) is 8.48. The molecule has 0 aliphatic rings. The number of ether oxygens (including phenoxy) is 1. The Morgan fingerprint density at radius 2 is 1.88 bits per heavy atom. The van der Waals surface area contributed by atoms with Crippen LogP contribution in [0.15, 0.2) is 24.3 Å². The van der Waals surface area contributed by atoms with Gasteiger partial charge in [0.1, 0.15) is 5.75 Å². The molecule has 1 amide bonds. The van der Waals surface area contributed by atoms with Crippen LogP contribution in [0.1, 0.15) is 32.8 Å². The van der Waals surface area contributed by atoms with E-state index in [1.165, 1.54) is 11.4 Å². The van der Waals surface area contributed by atoms with Gasteiger partial charge in [0, 0.05) is 20.1 Å². The van der Waals surface area contributed by atoms with Crippen molar-refractivity contribution in [3.8, 4) is 5.75 Å². The van der Waals surface area contributed by atoms with Crippen molar-refractivity contribution < 1.29 is 17.9 Å². The molecule has 1 N–H and O–H groups in total. The molecule has 0 unspecified atom stereocenters. The zero-order chi connectivity index (χ0) is 18.4. The first-order valence-electron chi connectivity index (χ1n) is 7.92. The predicted molar refractivity (Wildman–Crippen MR) is 95.7 cm³/mol. The summed E-state index contributed by atoms with van der Waals surface area (Å²) >= 11 is 0. The van der Waals surface area contributed by atoms with Crippen molar-refractivity contribution in [2.75, 3.05) is 33.0 Å². The largest absolute Gasteiger partial charge is 0.483 e. The van der Waals surface area contributed by atoms with Crippen LogP contribution in [0, 0.1) is 0 Å². The van der Waals surface area contributed by atoms with Gasteiger partial charge in [0.05, 0.1) is 6.26 Å². The lowest BCUT2D eigenvalue weighted by molar-refractivity contribution is -0.123. The van der Waals surface area contributed by atoms with Crippen LogP contribution in [-0.2, 0) is 20.2 Å². The Balaban J connectivity index is 2.40. The molecule has 0 saturated heterocycles. The van der Waals surface area contributed by atoms with E-state index in [0.29, 0.717) is 25.3 Å². The molecule has 6 nitrogen and oxygen atoms in total. The van der Waals surface area contributed by atoms with Crippen LogP contribution >= 0.6 is 0 Å². The zero-order valence-corrected chi connectivity index (χ0v) is 15.9. The van der Waals surface area contributed by atoms with Crippen molar-refractivity contribution in [2.24, 2.45) is 0 Å². The summed E-state index contributed by atoms with van der Waals surface area (Å²) in [5.41, 5.74) is 0.983. The predicted octanol–water partition coefficient (Wildman–Crippen LogP) is 1.76. The Morgan fingerprint density at radius 1 is 1.25 bits per heavy atom. The van der Waals surface area contributed by atoms with Gasteiger partial charge in [-0.1, -0.05) is 39.0 Å². The van der Waals surface area contributed by atoms with E-state index in [9.17, 15) is 13.2 Å². The molecule has 0 bridgehead atoms. The van der Waals surface area contributed by atoms with Gasteiger partial charge in [-0.25, -0.2) is 12.7 Å². The average molecular weight is 356 g/mol. The first-order chi connectivity index (χ1) is 11.0. The number of hydrogen-bond donors (Lipinski definition) is 1. The van der Waals surface area contributed by atoms with Crippen LogP contribution in [0.3, 0.4) is 0 Å². The fourth-order valence-corrected chi connectivity index (χ4v) is 2.56. The van der Waals surface area contributed by atoms with Crippen molar-refractivity contribution in [2.45, 2.75) is 32.6 Å². The van der Waals surface area contributed by atoms with Gasteiger partial charge >= 0.3 is 0 Å². The van der Waals surface area contributed by atoms with Gasteiger partial charge in [0.25, 0.3) is 5.91 Å². The fourth-order valence-electron chi connectivity index (χ4n) is 2.10. The van der Waals surface area contributed by atoms with E-state index >= 15 is 0 Å². The molecule has 1 aromatic carbocycles. The molecular weight excluding hydrogens is 328 g/mol. The molecular formula is C17H28N2O4S. The van der Waals surface area contributed by atoms with Crippen LogP contribution in [0.5, 0.6) is 5.75 Å². The molecule has 24 heavy (non-hydrogen) atoms. The number of carbonyl (C=O) groups is 1. The Morgan fingerprint density at radius 3 is 2.46 bits per heavy atom. The van der Waals surface area contributed by atoms with E-state index in [1.807, 2.05) is 24.3 Å². The summed E-state index contributed by atoms with van der Waals surface area (Å²) in [6.45, 7) is 6.99. The first-order valence-corrected chi connectivity index (χ1v) is 9.77. The number of hydrogen-bond acceptors (Lipinski definition) is 4. The normalized spacial score (nSPS) is 12.2. The number of benzene rings is 1. The molecule has 0 spiro atoms. The van der Waals surface area contributed by atoms with E-state index in [4.69, 9.17) is 4.74 Å². The maximum absolute atomic E-state index is 11.9. The lowest BCUT2D eigenvalue weighted by Crippen LogP contribution is -2.33. The van der Waals surface area contributed by atoms with Gasteiger partial charge < -0.3 is 10.1 Å². The summed E-state index contributed by atoms with van der Waals surface area (Å²) in [5, 5.41) is 2.73. The Hall–Kier alpha value is -1.60. The second-order valence-corrected chi connectivity index (χ2v) is 8.91. The van der Waals surface area contributed by atoms with Gasteiger partial charge in [0.2, 0.25) is 10.0 Å². The molecule has 0 aliphatic heterocycles. The lowest BCUT2D eigenvalue weighted by Gasteiger charge is -2.22. The highest BCUT2D eigenvalue weighted by atomic mass is 32.2. The molecule has 0 heterocycles. The summed E-state index contributed by atoms with van der Waals surface area (Å²) in [6.07, 6.45) is 1.71. The number of para-hydroxylation sites is 1. The van der Waals surface area contributed by atoms with Gasteiger partial charge in [-0.05, 0) is 23.5 Å². The maximum Gasteiger partial charge on any atom is 0.257 e. The summed E-state index contributed by atoms with van der Waals surface area (Å²) < 4.78 is 29.4. The summed E-state index contributed by atoms with van der Waals surface area (Å²) in [6, 6.07) is 7.68. The Bertz CT molecular complexity index is 651. The molecule has 0 fully saturated rings. The Labute approximate surface area is 145 Å². The standard InChI is InChI=1S/C17H28N2O4S/c1-17(2,3)14-9-6-7-10-15(14)23-13-16(20)18-11-8-12-19(4)24(5,21)22/h6-7,9-10H,8,11-13H2,1-5H3,(H,18,20). The molecule has 136 valence electrons. The highest BCUT2D eigenvalue weighted by Crippen LogP contribution is 2.30. The molecule has 0 aliphatic carbocycles. The van der Waals surface area contributed by atoms with Crippen molar-refractivity contribution >= 4 is 15.9 Å². The van der Waals surface area contributed by atoms with Gasteiger partial charge in [-0.15, -0.1) is 0 Å². The zero-order valence-electron chi connectivity index (χ0n) is 15.1. The van der Waals surface area contributed by atoms with Crippen LogP contribution in [0.2, 0.25) is 0 Å². The SMILES string of the molecule is CN(CCCNC(=O)COc1ccccc1C(C)(C)C)S(C)(=O)=O. The lowest BCUT2D eigenvalue weighted by atomic mass is 9.86. The van der Waals surface area contributed by atoms with Crippen molar-refractivity contribution in [1.82, 2.24) is 9.62 Å². The third kappa shape index (κ3) is 6.88. The minimum Gasteiger partial charge on any atom is -0.483 e. The molecule has 1 aromatic rings. The topological polar surface area (TPSA) is 75.7 Å². The van der Waals surface area contributed by atoms with Crippen molar-refractivity contribution in [1.29, 1.82) is 0 Å². The van der Waals surface area contributed by atoms with Gasteiger partial charge in [-0.3, -0.25) is 4.79 Å². The highest BCUT2D eigenvalue weighted by molar-refractivity contribution is 7.88. The van der Waals surface area contributed by atoms with Crippen LogP contribution in [0.4, 0.5) is 0 Å². The van der Waals surface area contributed by atoms with Crippen molar-refractivity contribution in [3.05, 3.63) is 29.8 Å². The first kappa shape index (κ1) is 20.4. The average Bonchev–Trinajstić information content (AvgIpc) is 2.47. The molecule has 1 rings (SSSR count). The summed E-state index contributed by atoms with van der Waals surface area (Å²) in [7, 11) is -1.66. The van der Waals surface area contributed by atoms with Crippen LogP contribution in [0.25, 0.3) is 0 Å². The van der Waals surface area contributed by atoms with E-state index < -0.39 is 10.0 Å². The molecule has 0 saturated carbocycles. The summed E-state index contributed by atoms with van der Waals surface area (Å²) in [5.74, 6) is 0.484. The number of rotatable bonds is 8.